The van der Waals surface area contributed by atoms with Crippen molar-refractivity contribution in [3.8, 4) is 0 Å². The van der Waals surface area contributed by atoms with Crippen LogP contribution in [0.5, 0.6) is 0 Å². The second-order valence-corrected chi connectivity index (χ2v) is 4.01. The number of aromatic nitrogens is 1. The second kappa shape index (κ2) is 3.44. The summed E-state index contributed by atoms with van der Waals surface area (Å²) in [7, 11) is 0. The molecule has 1 aromatic carbocycles. The average Bonchev–Trinajstić information content (AvgIpc) is 2.61. The van der Waals surface area contributed by atoms with Crippen LogP contribution in [-0.2, 0) is 5.92 Å². The van der Waals surface area contributed by atoms with Crippen LogP contribution < -0.4 is 0 Å². The first kappa shape index (κ1) is 10.9. The lowest BCUT2D eigenvalue weighted by Gasteiger charge is -2.13. The SMILES string of the molecule is C=CC(F)(F)c1cc(C)c2[nH]cc(C)c2c1. The lowest BCUT2D eigenvalue weighted by molar-refractivity contribution is 0.0526. The summed E-state index contributed by atoms with van der Waals surface area (Å²) in [5.41, 5.74) is 2.71. The van der Waals surface area contributed by atoms with Gasteiger partial charge < -0.3 is 4.98 Å². The van der Waals surface area contributed by atoms with Gasteiger partial charge in [-0.05, 0) is 43.2 Å². The fourth-order valence-electron chi connectivity index (χ4n) is 1.86. The Hall–Kier alpha value is -1.64. The van der Waals surface area contributed by atoms with Crippen LogP contribution in [0.4, 0.5) is 8.78 Å². The number of halogens is 2. The van der Waals surface area contributed by atoms with Gasteiger partial charge in [0.15, 0.2) is 0 Å². The highest BCUT2D eigenvalue weighted by Gasteiger charge is 2.27. The van der Waals surface area contributed by atoms with Crippen LogP contribution in [0, 0.1) is 13.8 Å². The van der Waals surface area contributed by atoms with Crippen molar-refractivity contribution in [2.75, 3.05) is 0 Å². The Labute approximate surface area is 92.8 Å². The molecule has 2 rings (SSSR count). The van der Waals surface area contributed by atoms with Gasteiger partial charge in [0.2, 0.25) is 0 Å². The molecule has 0 radical (unpaired) electrons. The van der Waals surface area contributed by atoms with E-state index in [9.17, 15) is 8.78 Å². The first-order valence-electron chi connectivity index (χ1n) is 5.06. The first-order valence-corrected chi connectivity index (χ1v) is 5.06. The van der Waals surface area contributed by atoms with Crippen LogP contribution in [0.2, 0.25) is 0 Å². The van der Waals surface area contributed by atoms with Gasteiger partial charge in [0, 0.05) is 22.7 Å². The van der Waals surface area contributed by atoms with Crippen molar-refractivity contribution in [1.82, 2.24) is 4.98 Å². The van der Waals surface area contributed by atoms with E-state index in [4.69, 9.17) is 0 Å². The maximum atomic E-state index is 13.5. The Kier molecular flexibility index (Phi) is 2.34. The van der Waals surface area contributed by atoms with E-state index >= 15 is 0 Å². The van der Waals surface area contributed by atoms with E-state index in [1.165, 1.54) is 12.1 Å². The third kappa shape index (κ3) is 1.52. The molecule has 1 heterocycles. The maximum absolute atomic E-state index is 13.5. The summed E-state index contributed by atoms with van der Waals surface area (Å²) < 4.78 is 27.0. The van der Waals surface area contributed by atoms with Crippen molar-refractivity contribution >= 4 is 10.9 Å². The summed E-state index contributed by atoms with van der Waals surface area (Å²) in [6.07, 6.45) is 2.50. The van der Waals surface area contributed by atoms with Gasteiger partial charge >= 0.3 is 0 Å². The van der Waals surface area contributed by atoms with Crippen LogP contribution in [0.1, 0.15) is 16.7 Å². The van der Waals surface area contributed by atoms with Crippen LogP contribution in [0.3, 0.4) is 0 Å². The van der Waals surface area contributed by atoms with Crippen molar-refractivity contribution in [2.45, 2.75) is 19.8 Å². The topological polar surface area (TPSA) is 15.8 Å². The number of benzene rings is 1. The smallest absolute Gasteiger partial charge is 0.291 e. The third-order valence-corrected chi connectivity index (χ3v) is 2.83. The minimum absolute atomic E-state index is 0.00444. The first-order chi connectivity index (χ1) is 7.45. The van der Waals surface area contributed by atoms with Gasteiger partial charge in [0.25, 0.3) is 5.92 Å². The van der Waals surface area contributed by atoms with Gasteiger partial charge in [-0.25, -0.2) is 0 Å². The van der Waals surface area contributed by atoms with E-state index in [-0.39, 0.29) is 5.56 Å². The molecule has 0 spiro atoms. The normalized spacial score (nSPS) is 12.0. The number of allylic oxidation sites excluding steroid dienone is 1. The van der Waals surface area contributed by atoms with Gasteiger partial charge in [-0.1, -0.05) is 6.58 Å². The summed E-state index contributed by atoms with van der Waals surface area (Å²) in [6.45, 7) is 6.89. The Bertz CT molecular complexity index is 552. The monoisotopic (exact) mass is 221 g/mol. The number of nitrogens with one attached hydrogen (secondary N) is 1. The number of alkyl halides is 2. The highest BCUT2D eigenvalue weighted by atomic mass is 19.3. The molecule has 2 aromatic rings. The molecular weight excluding hydrogens is 208 g/mol. The van der Waals surface area contributed by atoms with Crippen molar-refractivity contribution in [1.29, 1.82) is 0 Å². The lowest BCUT2D eigenvalue weighted by atomic mass is 10.0. The van der Waals surface area contributed by atoms with E-state index in [1.54, 1.807) is 0 Å². The third-order valence-electron chi connectivity index (χ3n) is 2.83. The van der Waals surface area contributed by atoms with E-state index in [0.717, 1.165) is 22.0 Å². The number of rotatable bonds is 2. The Balaban J connectivity index is 2.74. The highest BCUT2D eigenvalue weighted by molar-refractivity contribution is 5.86. The maximum Gasteiger partial charge on any atom is 0.291 e. The molecule has 1 nitrogen and oxygen atoms in total. The molecule has 1 N–H and O–H groups in total. The lowest BCUT2D eigenvalue weighted by Crippen LogP contribution is -2.09. The quantitative estimate of drug-likeness (QED) is 0.736. The Morgan fingerprint density at radius 2 is 1.94 bits per heavy atom. The van der Waals surface area contributed by atoms with Gasteiger partial charge in [-0.2, -0.15) is 8.78 Å². The molecule has 0 aliphatic carbocycles. The highest BCUT2D eigenvalue weighted by Crippen LogP contribution is 2.33. The zero-order chi connectivity index (χ0) is 11.9. The molecule has 16 heavy (non-hydrogen) atoms. The Morgan fingerprint density at radius 3 is 2.56 bits per heavy atom. The number of aryl methyl sites for hydroxylation is 2. The Morgan fingerprint density at radius 1 is 1.25 bits per heavy atom. The molecule has 0 bridgehead atoms. The molecule has 84 valence electrons. The van der Waals surface area contributed by atoms with Gasteiger partial charge in [0.1, 0.15) is 0 Å². The predicted octanol–water partition coefficient (Wildman–Crippen LogP) is 4.06. The van der Waals surface area contributed by atoms with E-state index in [2.05, 4.69) is 11.6 Å². The molecule has 0 saturated carbocycles. The second-order valence-electron chi connectivity index (χ2n) is 4.01. The predicted molar refractivity (Wildman–Crippen MR) is 61.9 cm³/mol. The minimum Gasteiger partial charge on any atom is -0.361 e. The molecule has 0 amide bonds. The van der Waals surface area contributed by atoms with Crippen LogP contribution in [0.25, 0.3) is 10.9 Å². The zero-order valence-electron chi connectivity index (χ0n) is 9.27. The summed E-state index contributed by atoms with van der Waals surface area (Å²) in [5, 5.41) is 0.844. The molecule has 0 unspecified atom stereocenters. The fraction of sp³-hybridized carbons (Fsp3) is 0.231. The molecule has 0 saturated heterocycles. The molecule has 0 fully saturated rings. The van der Waals surface area contributed by atoms with Crippen LogP contribution in [-0.4, -0.2) is 4.98 Å². The van der Waals surface area contributed by atoms with Gasteiger partial charge in [-0.3, -0.25) is 0 Å². The molecule has 0 atom stereocenters. The number of aromatic amines is 1. The molecular formula is C13H13F2N. The van der Waals surface area contributed by atoms with Gasteiger partial charge in [0.05, 0.1) is 0 Å². The van der Waals surface area contributed by atoms with Gasteiger partial charge in [-0.15, -0.1) is 0 Å². The number of hydrogen-bond acceptors (Lipinski definition) is 0. The summed E-state index contributed by atoms with van der Waals surface area (Å²) in [5.74, 6) is -2.97. The summed E-state index contributed by atoms with van der Waals surface area (Å²) in [4.78, 5) is 3.08. The largest absolute Gasteiger partial charge is 0.361 e. The summed E-state index contributed by atoms with van der Waals surface area (Å²) in [6, 6.07) is 3.02. The zero-order valence-corrected chi connectivity index (χ0v) is 9.27. The average molecular weight is 221 g/mol. The number of fused-ring (bicyclic) bond motifs is 1. The minimum atomic E-state index is -2.97. The molecule has 1 aromatic heterocycles. The van der Waals surface area contributed by atoms with E-state index in [0.29, 0.717) is 6.08 Å². The summed E-state index contributed by atoms with van der Waals surface area (Å²) >= 11 is 0. The van der Waals surface area contributed by atoms with Crippen LogP contribution >= 0.6 is 0 Å². The fourth-order valence-corrected chi connectivity index (χ4v) is 1.86. The van der Waals surface area contributed by atoms with E-state index in [1.807, 2.05) is 20.0 Å². The van der Waals surface area contributed by atoms with Crippen molar-refractivity contribution in [3.05, 3.63) is 47.7 Å². The standard InChI is InChI=1S/C13H13F2N/c1-4-13(14,15)10-5-8(2)12-11(6-10)9(3)7-16-12/h4-7,16H,1H2,2-3H3. The number of hydrogen-bond donors (Lipinski definition) is 1. The number of H-pyrrole nitrogens is 1. The van der Waals surface area contributed by atoms with Crippen molar-refractivity contribution in [2.24, 2.45) is 0 Å². The molecule has 0 aliphatic rings. The molecule has 3 heteroatoms. The van der Waals surface area contributed by atoms with Crippen molar-refractivity contribution in [3.63, 3.8) is 0 Å². The van der Waals surface area contributed by atoms with Crippen LogP contribution in [0.15, 0.2) is 31.0 Å². The van der Waals surface area contributed by atoms with E-state index < -0.39 is 5.92 Å². The van der Waals surface area contributed by atoms with Crippen molar-refractivity contribution < 1.29 is 8.78 Å². The molecule has 0 aliphatic heterocycles.